The molecule has 0 heterocycles. The number of carboxylic acid groups (broad SMARTS) is 1. The van der Waals surface area contributed by atoms with Crippen molar-refractivity contribution in [1.82, 2.24) is 10.2 Å². The minimum Gasteiger partial charge on any atom is -0.480 e. The second-order valence-electron chi connectivity index (χ2n) is 6.02. The number of hydrogen-bond donors (Lipinski definition) is 2. The molecule has 0 saturated heterocycles. The Labute approximate surface area is 117 Å². The summed E-state index contributed by atoms with van der Waals surface area (Å²) in [7, 11) is 0. The molecule has 0 spiro atoms. The van der Waals surface area contributed by atoms with Gasteiger partial charge in [0.2, 0.25) is 0 Å². The molecule has 1 saturated carbocycles. The second kappa shape index (κ2) is 7.25. The van der Waals surface area contributed by atoms with Gasteiger partial charge in [-0.15, -0.1) is 0 Å². The van der Waals surface area contributed by atoms with Crippen LogP contribution in [-0.2, 0) is 4.79 Å². The Morgan fingerprint density at radius 3 is 2.47 bits per heavy atom. The van der Waals surface area contributed by atoms with E-state index < -0.39 is 11.5 Å². The van der Waals surface area contributed by atoms with Gasteiger partial charge in [-0.1, -0.05) is 34.1 Å². The Morgan fingerprint density at radius 2 is 1.95 bits per heavy atom. The monoisotopic (exact) mass is 270 g/mol. The van der Waals surface area contributed by atoms with Crippen molar-refractivity contribution in [2.45, 2.75) is 52.5 Å². The van der Waals surface area contributed by atoms with Gasteiger partial charge in [0, 0.05) is 13.1 Å². The summed E-state index contributed by atoms with van der Waals surface area (Å²) < 4.78 is 0. The number of rotatable bonds is 7. The SMILES string of the molecule is CCN(CC)CCNC1(C(=O)O)CC(C)CCC1C. The molecular weight excluding hydrogens is 240 g/mol. The van der Waals surface area contributed by atoms with E-state index in [0.717, 1.165) is 45.4 Å². The van der Waals surface area contributed by atoms with Crippen LogP contribution >= 0.6 is 0 Å². The molecule has 0 bridgehead atoms. The minimum atomic E-state index is -0.717. The molecular formula is C15H30N2O2. The number of hydrogen-bond acceptors (Lipinski definition) is 3. The number of likely N-dealkylation sites (N-methyl/N-ethyl adjacent to an activating group) is 1. The molecule has 1 aliphatic carbocycles. The third kappa shape index (κ3) is 3.93. The van der Waals surface area contributed by atoms with Crippen LogP contribution in [0.2, 0.25) is 0 Å². The Kier molecular flexibility index (Phi) is 6.27. The predicted octanol–water partition coefficient (Wildman–Crippen LogP) is 2.20. The summed E-state index contributed by atoms with van der Waals surface area (Å²) in [6, 6.07) is 0. The van der Waals surface area contributed by atoms with Gasteiger partial charge in [-0.05, 0) is 37.8 Å². The molecule has 2 N–H and O–H groups in total. The van der Waals surface area contributed by atoms with Crippen LogP contribution in [0.25, 0.3) is 0 Å². The molecule has 19 heavy (non-hydrogen) atoms. The Bertz CT molecular complexity index is 292. The van der Waals surface area contributed by atoms with Crippen molar-refractivity contribution in [3.8, 4) is 0 Å². The fourth-order valence-corrected chi connectivity index (χ4v) is 3.23. The van der Waals surface area contributed by atoms with E-state index in [2.05, 4.69) is 37.9 Å². The first-order chi connectivity index (χ1) is 8.96. The highest BCUT2D eigenvalue weighted by molar-refractivity contribution is 5.79. The van der Waals surface area contributed by atoms with Gasteiger partial charge in [0.15, 0.2) is 0 Å². The van der Waals surface area contributed by atoms with E-state index in [1.165, 1.54) is 0 Å². The maximum Gasteiger partial charge on any atom is 0.324 e. The van der Waals surface area contributed by atoms with Crippen molar-refractivity contribution < 1.29 is 9.90 Å². The van der Waals surface area contributed by atoms with Crippen molar-refractivity contribution >= 4 is 5.97 Å². The van der Waals surface area contributed by atoms with Crippen LogP contribution in [0.15, 0.2) is 0 Å². The predicted molar refractivity (Wildman–Crippen MR) is 78.3 cm³/mol. The van der Waals surface area contributed by atoms with Crippen molar-refractivity contribution in [2.75, 3.05) is 26.2 Å². The van der Waals surface area contributed by atoms with E-state index in [1.54, 1.807) is 0 Å². The zero-order chi connectivity index (χ0) is 14.5. The number of nitrogens with zero attached hydrogens (tertiary/aromatic N) is 1. The zero-order valence-electron chi connectivity index (χ0n) is 12.9. The number of carbonyl (C=O) groups is 1. The molecule has 0 aromatic rings. The lowest BCUT2D eigenvalue weighted by Gasteiger charge is -2.42. The highest BCUT2D eigenvalue weighted by Gasteiger charge is 2.46. The average Bonchev–Trinajstić information content (AvgIpc) is 2.38. The fourth-order valence-electron chi connectivity index (χ4n) is 3.23. The largest absolute Gasteiger partial charge is 0.480 e. The van der Waals surface area contributed by atoms with Gasteiger partial charge in [0.05, 0.1) is 0 Å². The van der Waals surface area contributed by atoms with E-state index >= 15 is 0 Å². The molecule has 3 atom stereocenters. The van der Waals surface area contributed by atoms with E-state index in [-0.39, 0.29) is 5.92 Å². The molecule has 4 nitrogen and oxygen atoms in total. The summed E-state index contributed by atoms with van der Waals surface area (Å²) in [6.45, 7) is 12.2. The van der Waals surface area contributed by atoms with Gasteiger partial charge in [0.1, 0.15) is 5.54 Å². The highest BCUT2D eigenvalue weighted by atomic mass is 16.4. The van der Waals surface area contributed by atoms with Gasteiger partial charge >= 0.3 is 5.97 Å². The van der Waals surface area contributed by atoms with Crippen molar-refractivity contribution in [1.29, 1.82) is 0 Å². The van der Waals surface area contributed by atoms with Crippen LogP contribution in [0.1, 0.15) is 47.0 Å². The standard InChI is InChI=1S/C15H30N2O2/c1-5-17(6-2)10-9-16-15(14(18)19)11-12(3)7-8-13(15)4/h12-13,16H,5-11H2,1-4H3,(H,18,19). The minimum absolute atomic E-state index is 0.206. The molecule has 3 unspecified atom stereocenters. The van der Waals surface area contributed by atoms with Crippen LogP contribution < -0.4 is 5.32 Å². The first-order valence-electron chi connectivity index (χ1n) is 7.67. The van der Waals surface area contributed by atoms with E-state index in [9.17, 15) is 9.90 Å². The first kappa shape index (κ1) is 16.4. The molecule has 0 aromatic heterocycles. The van der Waals surface area contributed by atoms with Gasteiger partial charge in [-0.25, -0.2) is 0 Å². The van der Waals surface area contributed by atoms with Gasteiger partial charge in [-0.2, -0.15) is 0 Å². The molecule has 1 rings (SSSR count). The average molecular weight is 270 g/mol. The topological polar surface area (TPSA) is 52.6 Å². The van der Waals surface area contributed by atoms with Crippen molar-refractivity contribution in [3.63, 3.8) is 0 Å². The Balaban J connectivity index is 2.63. The maximum absolute atomic E-state index is 11.8. The summed E-state index contributed by atoms with van der Waals surface area (Å²) in [5, 5.41) is 13.1. The van der Waals surface area contributed by atoms with Crippen LogP contribution in [0.5, 0.6) is 0 Å². The van der Waals surface area contributed by atoms with E-state index in [4.69, 9.17) is 0 Å². The Morgan fingerprint density at radius 1 is 1.32 bits per heavy atom. The number of aliphatic carboxylic acids is 1. The van der Waals surface area contributed by atoms with E-state index in [1.807, 2.05) is 0 Å². The van der Waals surface area contributed by atoms with Gasteiger partial charge < -0.3 is 15.3 Å². The van der Waals surface area contributed by atoms with Crippen molar-refractivity contribution in [3.05, 3.63) is 0 Å². The number of nitrogens with one attached hydrogen (secondary N) is 1. The van der Waals surface area contributed by atoms with Gasteiger partial charge in [-0.3, -0.25) is 4.79 Å². The zero-order valence-corrected chi connectivity index (χ0v) is 12.9. The lowest BCUT2D eigenvalue weighted by Crippen LogP contribution is -2.60. The first-order valence-corrected chi connectivity index (χ1v) is 7.67. The molecule has 1 fully saturated rings. The van der Waals surface area contributed by atoms with Crippen LogP contribution in [0.4, 0.5) is 0 Å². The fraction of sp³-hybridized carbons (Fsp3) is 0.933. The normalized spacial score (nSPS) is 31.6. The lowest BCUT2D eigenvalue weighted by atomic mass is 9.69. The summed E-state index contributed by atoms with van der Waals surface area (Å²) in [6.07, 6.45) is 2.90. The highest BCUT2D eigenvalue weighted by Crippen LogP contribution is 2.37. The van der Waals surface area contributed by atoms with Crippen LogP contribution in [0, 0.1) is 11.8 Å². The summed E-state index contributed by atoms with van der Waals surface area (Å²) in [5.41, 5.74) is -0.717. The third-order valence-electron chi connectivity index (χ3n) is 4.75. The molecule has 4 heteroatoms. The molecule has 0 aliphatic heterocycles. The summed E-state index contributed by atoms with van der Waals surface area (Å²) in [4.78, 5) is 14.1. The lowest BCUT2D eigenvalue weighted by molar-refractivity contribution is -0.150. The molecule has 0 radical (unpaired) electrons. The summed E-state index contributed by atoms with van der Waals surface area (Å²) >= 11 is 0. The smallest absolute Gasteiger partial charge is 0.324 e. The molecule has 0 aromatic carbocycles. The van der Waals surface area contributed by atoms with Gasteiger partial charge in [0.25, 0.3) is 0 Å². The molecule has 1 aliphatic rings. The number of carboxylic acids is 1. The van der Waals surface area contributed by atoms with E-state index in [0.29, 0.717) is 5.92 Å². The molecule has 112 valence electrons. The molecule has 0 amide bonds. The Hall–Kier alpha value is -0.610. The second-order valence-corrected chi connectivity index (χ2v) is 6.02. The van der Waals surface area contributed by atoms with Crippen LogP contribution in [-0.4, -0.2) is 47.7 Å². The summed E-state index contributed by atoms with van der Waals surface area (Å²) in [5.74, 6) is 0.0252. The van der Waals surface area contributed by atoms with Crippen LogP contribution in [0.3, 0.4) is 0 Å². The maximum atomic E-state index is 11.8. The third-order valence-corrected chi connectivity index (χ3v) is 4.75. The van der Waals surface area contributed by atoms with Crippen molar-refractivity contribution in [2.24, 2.45) is 11.8 Å². The quantitative estimate of drug-likeness (QED) is 0.744.